The highest BCUT2D eigenvalue weighted by atomic mass is 19.4. The Morgan fingerprint density at radius 2 is 2.03 bits per heavy atom. The third-order valence-corrected chi connectivity index (χ3v) is 7.14. The Bertz CT molecular complexity index is 1180. The van der Waals surface area contributed by atoms with Gasteiger partial charge in [0, 0.05) is 50.6 Å². The number of alkyl halides is 3. The van der Waals surface area contributed by atoms with Crippen molar-refractivity contribution in [2.24, 2.45) is 7.05 Å². The number of ether oxygens (including phenoxy) is 2. The van der Waals surface area contributed by atoms with E-state index in [0.29, 0.717) is 43.9 Å². The first-order valence-corrected chi connectivity index (χ1v) is 12.8. The molecule has 1 unspecified atom stereocenters. The lowest BCUT2D eigenvalue weighted by molar-refractivity contribution is -0.202. The van der Waals surface area contributed by atoms with Crippen molar-refractivity contribution < 1.29 is 27.8 Å². The number of halogens is 3. The molecular weight excluding hydrogens is 489 g/mol. The maximum Gasteiger partial charge on any atom is 0.415 e. The first kappa shape index (κ1) is 25.8. The first-order chi connectivity index (χ1) is 17.8. The maximum atomic E-state index is 12.5. The van der Waals surface area contributed by atoms with Gasteiger partial charge in [0.1, 0.15) is 11.3 Å². The lowest BCUT2D eigenvalue weighted by atomic mass is 9.93. The summed E-state index contributed by atoms with van der Waals surface area (Å²) in [5, 5.41) is 20.1. The lowest BCUT2D eigenvalue weighted by Crippen LogP contribution is -2.44. The summed E-state index contributed by atoms with van der Waals surface area (Å²) in [6, 6.07) is 5.96. The molecular formula is C25H33F3N6O3. The molecule has 3 heterocycles. The number of aromatic nitrogens is 4. The smallest absolute Gasteiger partial charge is 0.415 e. The molecule has 2 atom stereocenters. The molecule has 0 radical (unpaired) electrons. The maximum absolute atomic E-state index is 12.5. The van der Waals surface area contributed by atoms with E-state index < -0.39 is 18.8 Å². The summed E-state index contributed by atoms with van der Waals surface area (Å²) in [5.74, 6) is 1.41. The second-order valence-corrected chi connectivity index (χ2v) is 9.93. The fourth-order valence-electron chi connectivity index (χ4n) is 5.02. The largest absolute Gasteiger partial charge is 0.490 e. The zero-order valence-corrected chi connectivity index (χ0v) is 20.7. The molecule has 5 rings (SSSR count). The average Bonchev–Trinajstić information content (AvgIpc) is 3.50. The van der Waals surface area contributed by atoms with Gasteiger partial charge in [0.25, 0.3) is 0 Å². The van der Waals surface area contributed by atoms with Crippen LogP contribution in [0.1, 0.15) is 44.6 Å². The minimum Gasteiger partial charge on any atom is -0.490 e. The lowest BCUT2D eigenvalue weighted by Gasteiger charge is -2.30. The molecule has 3 N–H and O–H groups in total. The molecule has 1 saturated heterocycles. The van der Waals surface area contributed by atoms with Crippen molar-refractivity contribution in [1.82, 2.24) is 24.6 Å². The van der Waals surface area contributed by atoms with Gasteiger partial charge < -0.3 is 29.8 Å². The number of fused-ring (bicyclic) bond motifs is 1. The van der Waals surface area contributed by atoms with Crippen LogP contribution in [0.5, 0.6) is 5.75 Å². The van der Waals surface area contributed by atoms with Gasteiger partial charge in [-0.15, -0.1) is 0 Å². The minimum atomic E-state index is -4.61. The quantitative estimate of drug-likeness (QED) is 0.410. The van der Waals surface area contributed by atoms with Crippen molar-refractivity contribution in [3.05, 3.63) is 30.7 Å². The number of hydrogen-bond donors (Lipinski definition) is 3. The summed E-state index contributed by atoms with van der Waals surface area (Å²) in [6.07, 6.45) is 1.54. The summed E-state index contributed by atoms with van der Waals surface area (Å²) in [5.41, 5.74) is 2.51. The molecule has 0 spiro atoms. The summed E-state index contributed by atoms with van der Waals surface area (Å²) in [7, 11) is 1.92. The molecule has 3 aromatic rings. The second kappa shape index (κ2) is 10.9. The molecule has 202 valence electrons. The van der Waals surface area contributed by atoms with Gasteiger partial charge in [0.15, 0.2) is 11.9 Å². The molecule has 1 aromatic carbocycles. The highest BCUT2D eigenvalue weighted by Crippen LogP contribution is 2.33. The molecule has 2 aromatic heterocycles. The topological polar surface area (TPSA) is 98.4 Å². The van der Waals surface area contributed by atoms with E-state index in [-0.39, 0.29) is 18.2 Å². The first-order valence-electron chi connectivity index (χ1n) is 12.8. The normalized spacial score (nSPS) is 23.8. The molecule has 12 heteroatoms. The van der Waals surface area contributed by atoms with Crippen LogP contribution in [0.25, 0.3) is 11.0 Å². The number of benzene rings is 1. The van der Waals surface area contributed by atoms with E-state index in [1.807, 2.05) is 40.7 Å². The van der Waals surface area contributed by atoms with Gasteiger partial charge in [0.2, 0.25) is 0 Å². The van der Waals surface area contributed by atoms with Crippen LogP contribution in [0.4, 0.5) is 24.7 Å². The van der Waals surface area contributed by atoms with Crippen molar-refractivity contribution in [3.63, 3.8) is 0 Å². The molecule has 0 amide bonds. The number of anilines is 2. The summed E-state index contributed by atoms with van der Waals surface area (Å²) in [6.45, 7) is 0.970. The Kier molecular flexibility index (Phi) is 7.59. The molecule has 0 bridgehead atoms. The Morgan fingerprint density at radius 3 is 2.76 bits per heavy atom. The van der Waals surface area contributed by atoms with E-state index >= 15 is 0 Å². The molecule has 1 aliphatic carbocycles. The SMILES string of the molecule is Cn1cnc2c(Nc3ccn([C@H]4CCCOC4)n3)cc(OC3CCC(NCC(O)C(F)(F)F)CC3)cc21. The number of imidazole rings is 1. The highest BCUT2D eigenvalue weighted by molar-refractivity contribution is 5.91. The van der Waals surface area contributed by atoms with Crippen LogP contribution in [0.3, 0.4) is 0 Å². The second-order valence-electron chi connectivity index (χ2n) is 9.93. The Hall–Kier alpha value is -2.83. The minimum absolute atomic E-state index is 0.0466. The number of nitrogens with zero attached hydrogens (tertiary/aromatic N) is 4. The Balaban J connectivity index is 1.23. The number of rotatable bonds is 8. The molecule has 9 nitrogen and oxygen atoms in total. The fraction of sp³-hybridized carbons (Fsp3) is 0.600. The van der Waals surface area contributed by atoms with Crippen molar-refractivity contribution in [1.29, 1.82) is 0 Å². The van der Waals surface area contributed by atoms with Crippen molar-refractivity contribution in [2.75, 3.05) is 25.1 Å². The number of nitrogens with one attached hydrogen (secondary N) is 2. The highest BCUT2D eigenvalue weighted by Gasteiger charge is 2.38. The number of hydrogen-bond acceptors (Lipinski definition) is 7. The number of aliphatic hydroxyl groups excluding tert-OH is 1. The zero-order valence-electron chi connectivity index (χ0n) is 20.7. The van der Waals surface area contributed by atoms with Crippen LogP contribution in [0.2, 0.25) is 0 Å². The van der Waals surface area contributed by atoms with Gasteiger partial charge >= 0.3 is 6.18 Å². The molecule has 1 aliphatic heterocycles. The third-order valence-electron chi connectivity index (χ3n) is 7.14. The molecule has 2 fully saturated rings. The van der Waals surface area contributed by atoms with Crippen LogP contribution < -0.4 is 15.4 Å². The van der Waals surface area contributed by atoms with Crippen LogP contribution in [0.15, 0.2) is 30.7 Å². The standard InChI is InChI=1S/C25H33F3N6O3/c1-33-15-30-24-20(31-23-8-9-34(32-23)17-3-2-10-36-14-17)11-19(12-21(24)33)37-18-6-4-16(5-7-18)29-13-22(35)25(26,27)28/h8-9,11-12,15-18,22,29,35H,2-7,10,13-14H2,1H3,(H,31,32)/t16?,17-,18?,22?/m0/s1. The number of aliphatic hydroxyl groups is 1. The fourth-order valence-corrected chi connectivity index (χ4v) is 5.02. The predicted octanol–water partition coefficient (Wildman–Crippen LogP) is 4.07. The third kappa shape index (κ3) is 6.19. The van der Waals surface area contributed by atoms with E-state index in [2.05, 4.69) is 15.6 Å². The molecule has 2 aliphatic rings. The van der Waals surface area contributed by atoms with E-state index in [1.165, 1.54) is 0 Å². The Morgan fingerprint density at radius 1 is 1.22 bits per heavy atom. The van der Waals surface area contributed by atoms with E-state index in [1.54, 1.807) is 6.33 Å². The van der Waals surface area contributed by atoms with Crippen molar-refractivity contribution in [3.8, 4) is 5.75 Å². The van der Waals surface area contributed by atoms with Crippen molar-refractivity contribution >= 4 is 22.5 Å². The van der Waals surface area contributed by atoms with Gasteiger partial charge in [-0.1, -0.05) is 0 Å². The monoisotopic (exact) mass is 522 g/mol. The Labute approximate surface area is 212 Å². The summed E-state index contributed by atoms with van der Waals surface area (Å²) < 4.78 is 53.4. The van der Waals surface area contributed by atoms with E-state index in [4.69, 9.17) is 14.6 Å². The summed E-state index contributed by atoms with van der Waals surface area (Å²) in [4.78, 5) is 4.54. The molecule has 1 saturated carbocycles. The molecule has 37 heavy (non-hydrogen) atoms. The predicted molar refractivity (Wildman–Crippen MR) is 132 cm³/mol. The van der Waals surface area contributed by atoms with Crippen LogP contribution in [-0.2, 0) is 11.8 Å². The van der Waals surface area contributed by atoms with Crippen LogP contribution >= 0.6 is 0 Å². The van der Waals surface area contributed by atoms with Crippen molar-refractivity contribution in [2.45, 2.75) is 69.0 Å². The van der Waals surface area contributed by atoms with E-state index in [0.717, 1.165) is 36.2 Å². The van der Waals surface area contributed by atoms with Gasteiger partial charge in [-0.25, -0.2) is 4.98 Å². The van der Waals surface area contributed by atoms with E-state index in [9.17, 15) is 18.3 Å². The zero-order chi connectivity index (χ0) is 26.0. The average molecular weight is 523 g/mol. The van der Waals surface area contributed by atoms with Gasteiger partial charge in [-0.3, -0.25) is 4.68 Å². The number of aryl methyl sites for hydroxylation is 1. The van der Waals surface area contributed by atoms with Gasteiger partial charge in [-0.2, -0.15) is 18.3 Å². The van der Waals surface area contributed by atoms with Gasteiger partial charge in [0.05, 0.1) is 36.3 Å². The van der Waals surface area contributed by atoms with Crippen LogP contribution in [-0.4, -0.2) is 68.6 Å². The summed E-state index contributed by atoms with van der Waals surface area (Å²) >= 11 is 0. The van der Waals surface area contributed by atoms with Crippen LogP contribution in [0, 0.1) is 0 Å². The van der Waals surface area contributed by atoms with Gasteiger partial charge in [-0.05, 0) is 38.5 Å².